The number of benzene rings is 7. The van der Waals surface area contributed by atoms with E-state index in [0.29, 0.717) is 17.5 Å². The van der Waals surface area contributed by atoms with Crippen molar-refractivity contribution in [2.24, 2.45) is 0 Å². The van der Waals surface area contributed by atoms with Crippen molar-refractivity contribution in [1.82, 2.24) is 15.0 Å². The van der Waals surface area contributed by atoms with E-state index in [1.54, 1.807) is 0 Å². The van der Waals surface area contributed by atoms with E-state index in [4.69, 9.17) is 19.7 Å². The summed E-state index contributed by atoms with van der Waals surface area (Å²) in [6.45, 7) is 0. The van der Waals surface area contributed by atoms with Gasteiger partial charge in [0.2, 0.25) is 0 Å². The first-order valence-electron chi connectivity index (χ1n) is 21.6. The van der Waals surface area contributed by atoms with Crippen molar-refractivity contribution in [2.45, 2.75) is 30.1 Å². The van der Waals surface area contributed by atoms with Crippen LogP contribution >= 0.6 is 0 Å². The highest BCUT2D eigenvalue weighted by atomic mass is 16.5. The molecule has 12 rings (SSSR count). The predicted octanol–water partition coefficient (Wildman–Crippen LogP) is 13.9. The van der Waals surface area contributed by atoms with E-state index in [9.17, 15) is 0 Å². The smallest absolute Gasteiger partial charge is 0.164 e. The zero-order chi connectivity index (χ0) is 41.0. The van der Waals surface area contributed by atoms with Crippen molar-refractivity contribution in [3.8, 4) is 45.1 Å². The van der Waals surface area contributed by atoms with Crippen LogP contribution in [0.5, 0.6) is 11.5 Å². The Morgan fingerprint density at radius 2 is 0.903 bits per heavy atom. The molecule has 0 amide bonds. The SMILES string of the molecule is C1=CC(c2nc(C3=CC(c4ccccc4)CC=C3)nc(-c3cccc(-c4ccc5c(c4)Oc4ccccc4C54c5ccccc5-c5ccccc54)c3)n2)=CC(c2ccccc2)C1. The standard InChI is InChI=1S/C58H41N3O/c1-3-16-38(17-4-1)40-20-13-23-44(34-40)55-59-56(45-24-14-21-41(35-45)39-18-5-2-6-19-39)61-57(60-55)46-25-15-22-42(36-46)43-32-33-52-54(37-43)62-53-31-12-11-30-51(53)58(52)49-28-9-7-26-47(49)48-27-8-10-29-50(48)58/h1-19,22-37,40-41H,20-21H2. The number of nitrogens with zero attached hydrogens (tertiary/aromatic N) is 3. The van der Waals surface area contributed by atoms with Crippen LogP contribution in [0, 0.1) is 0 Å². The number of aromatic nitrogens is 3. The quantitative estimate of drug-likeness (QED) is 0.168. The molecule has 8 aromatic rings. The van der Waals surface area contributed by atoms with Crippen molar-refractivity contribution < 1.29 is 4.74 Å². The third-order valence-corrected chi connectivity index (χ3v) is 13.0. The first-order chi connectivity index (χ1) is 30.7. The molecule has 4 aliphatic rings. The average molecular weight is 796 g/mol. The van der Waals surface area contributed by atoms with Crippen LogP contribution in [0.3, 0.4) is 0 Å². The average Bonchev–Trinajstić information content (AvgIpc) is 3.65. The highest BCUT2D eigenvalue weighted by molar-refractivity contribution is 5.89. The molecular formula is C58H41N3O. The number of para-hydroxylation sites is 1. The molecule has 2 atom stereocenters. The summed E-state index contributed by atoms with van der Waals surface area (Å²) in [5.41, 5.74) is 14.5. The van der Waals surface area contributed by atoms with Gasteiger partial charge < -0.3 is 4.74 Å². The van der Waals surface area contributed by atoms with Gasteiger partial charge in [0.15, 0.2) is 17.5 Å². The lowest BCUT2D eigenvalue weighted by Crippen LogP contribution is -2.32. The van der Waals surface area contributed by atoms with Gasteiger partial charge in [0.05, 0.1) is 5.41 Å². The van der Waals surface area contributed by atoms with Gasteiger partial charge in [-0.1, -0.05) is 194 Å². The lowest BCUT2D eigenvalue weighted by atomic mass is 9.66. The maximum absolute atomic E-state index is 6.86. The summed E-state index contributed by atoms with van der Waals surface area (Å²) in [5.74, 6) is 4.20. The molecule has 0 saturated heterocycles. The van der Waals surface area contributed by atoms with Crippen LogP contribution in [0.1, 0.15) is 69.7 Å². The lowest BCUT2D eigenvalue weighted by Gasteiger charge is -2.39. The van der Waals surface area contributed by atoms with Crippen molar-refractivity contribution in [3.05, 3.63) is 257 Å². The second-order valence-electron chi connectivity index (χ2n) is 16.6. The first kappa shape index (κ1) is 36.2. The van der Waals surface area contributed by atoms with Crippen molar-refractivity contribution in [1.29, 1.82) is 0 Å². The summed E-state index contributed by atoms with van der Waals surface area (Å²) in [7, 11) is 0. The van der Waals surface area contributed by atoms with Gasteiger partial charge in [0, 0.05) is 39.7 Å². The summed E-state index contributed by atoms with van der Waals surface area (Å²) in [6, 6.07) is 62.9. The Balaban J connectivity index is 0.975. The molecule has 0 N–H and O–H groups in total. The molecule has 294 valence electrons. The molecule has 3 aliphatic carbocycles. The number of ether oxygens (including phenoxy) is 1. The molecule has 1 aliphatic heterocycles. The number of allylic oxidation sites excluding steroid dienone is 8. The molecule has 0 bridgehead atoms. The Morgan fingerprint density at radius 1 is 0.403 bits per heavy atom. The monoisotopic (exact) mass is 795 g/mol. The molecule has 4 heteroatoms. The van der Waals surface area contributed by atoms with Crippen LogP contribution in [0.15, 0.2) is 212 Å². The molecule has 0 radical (unpaired) electrons. The highest BCUT2D eigenvalue weighted by Gasteiger charge is 2.50. The number of hydrogen-bond donors (Lipinski definition) is 0. The van der Waals surface area contributed by atoms with Gasteiger partial charge in [-0.2, -0.15) is 0 Å². The Kier molecular flexibility index (Phi) is 8.63. The Bertz CT molecular complexity index is 3040. The predicted molar refractivity (Wildman–Crippen MR) is 250 cm³/mol. The van der Waals surface area contributed by atoms with Gasteiger partial charge in [-0.15, -0.1) is 0 Å². The molecule has 0 fully saturated rings. The third-order valence-electron chi connectivity index (χ3n) is 13.0. The van der Waals surface area contributed by atoms with Crippen LogP contribution in [0.25, 0.3) is 44.8 Å². The van der Waals surface area contributed by atoms with E-state index in [1.165, 1.54) is 33.4 Å². The van der Waals surface area contributed by atoms with E-state index in [1.807, 2.05) is 0 Å². The fourth-order valence-corrected chi connectivity index (χ4v) is 10.2. The number of rotatable bonds is 6. The Hall–Kier alpha value is -7.69. The largest absolute Gasteiger partial charge is 0.457 e. The minimum atomic E-state index is -0.501. The maximum Gasteiger partial charge on any atom is 0.164 e. The lowest BCUT2D eigenvalue weighted by molar-refractivity contribution is 0.436. The summed E-state index contributed by atoms with van der Waals surface area (Å²) in [6.07, 6.45) is 15.3. The Labute approximate surface area is 362 Å². The number of hydrogen-bond acceptors (Lipinski definition) is 4. The second kappa shape index (κ2) is 14.8. The van der Waals surface area contributed by atoms with E-state index in [2.05, 4.69) is 212 Å². The van der Waals surface area contributed by atoms with Crippen LogP contribution < -0.4 is 4.74 Å². The molecule has 7 aromatic carbocycles. The highest BCUT2D eigenvalue weighted by Crippen LogP contribution is 2.62. The zero-order valence-electron chi connectivity index (χ0n) is 34.0. The molecule has 2 unspecified atom stereocenters. The Morgan fingerprint density at radius 3 is 1.53 bits per heavy atom. The summed E-state index contributed by atoms with van der Waals surface area (Å²) in [5, 5.41) is 0. The normalized spacial score (nSPS) is 17.5. The third kappa shape index (κ3) is 5.94. The summed E-state index contributed by atoms with van der Waals surface area (Å²) >= 11 is 0. The van der Waals surface area contributed by atoms with Crippen LogP contribution in [-0.2, 0) is 5.41 Å². The van der Waals surface area contributed by atoms with Crippen molar-refractivity contribution >= 4 is 11.1 Å². The van der Waals surface area contributed by atoms with Gasteiger partial charge in [-0.3, -0.25) is 0 Å². The minimum Gasteiger partial charge on any atom is -0.457 e. The van der Waals surface area contributed by atoms with Crippen LogP contribution in [0.2, 0.25) is 0 Å². The van der Waals surface area contributed by atoms with Crippen LogP contribution in [-0.4, -0.2) is 15.0 Å². The summed E-state index contributed by atoms with van der Waals surface area (Å²) in [4.78, 5) is 15.7. The minimum absolute atomic E-state index is 0.239. The topological polar surface area (TPSA) is 47.9 Å². The van der Waals surface area contributed by atoms with E-state index >= 15 is 0 Å². The van der Waals surface area contributed by atoms with Crippen molar-refractivity contribution in [2.75, 3.05) is 0 Å². The molecule has 4 nitrogen and oxygen atoms in total. The van der Waals surface area contributed by atoms with Gasteiger partial charge in [0.1, 0.15) is 11.5 Å². The first-order valence-corrected chi connectivity index (χ1v) is 21.6. The fraction of sp³-hybridized carbons (Fsp3) is 0.0862. The van der Waals surface area contributed by atoms with Crippen molar-refractivity contribution in [3.63, 3.8) is 0 Å². The van der Waals surface area contributed by atoms with E-state index in [0.717, 1.165) is 63.3 Å². The molecule has 0 saturated carbocycles. The van der Waals surface area contributed by atoms with Crippen LogP contribution in [0.4, 0.5) is 0 Å². The molecule has 2 heterocycles. The van der Waals surface area contributed by atoms with Gasteiger partial charge in [-0.05, 0) is 75.5 Å². The molecular weight excluding hydrogens is 755 g/mol. The summed E-state index contributed by atoms with van der Waals surface area (Å²) < 4.78 is 6.86. The van der Waals surface area contributed by atoms with Gasteiger partial charge >= 0.3 is 0 Å². The maximum atomic E-state index is 6.86. The van der Waals surface area contributed by atoms with E-state index < -0.39 is 5.41 Å². The van der Waals surface area contributed by atoms with E-state index in [-0.39, 0.29) is 11.8 Å². The molecule has 1 spiro atoms. The molecule has 1 aromatic heterocycles. The number of fused-ring (bicyclic) bond motifs is 9. The zero-order valence-corrected chi connectivity index (χ0v) is 34.0. The molecule has 62 heavy (non-hydrogen) atoms. The second-order valence-corrected chi connectivity index (χ2v) is 16.6. The van der Waals surface area contributed by atoms with Gasteiger partial charge in [-0.25, -0.2) is 15.0 Å². The van der Waals surface area contributed by atoms with Gasteiger partial charge in [0.25, 0.3) is 0 Å². The fourth-order valence-electron chi connectivity index (χ4n) is 10.2.